The lowest BCUT2D eigenvalue weighted by atomic mass is 9.83. The molecule has 0 fully saturated rings. The Balaban J connectivity index is 1.68. The quantitative estimate of drug-likeness (QED) is 0.114. The van der Waals surface area contributed by atoms with Crippen molar-refractivity contribution in [2.45, 2.75) is 63.8 Å². The highest BCUT2D eigenvalue weighted by Crippen LogP contribution is 2.43. The first-order valence-electron chi connectivity index (χ1n) is 14.4. The lowest BCUT2D eigenvalue weighted by Gasteiger charge is -2.31. The van der Waals surface area contributed by atoms with E-state index in [9.17, 15) is 9.59 Å². The van der Waals surface area contributed by atoms with Gasteiger partial charge in [0.2, 0.25) is 5.90 Å². The molecule has 1 aliphatic rings. The molecule has 2 atom stereocenters. The first-order valence-corrected chi connectivity index (χ1v) is 15.5. The minimum Gasteiger partial charge on any atom is -0.494 e. The smallest absolute Gasteiger partial charge is 0.306 e. The summed E-state index contributed by atoms with van der Waals surface area (Å²) in [6.45, 7) is 6.08. The molecule has 3 aromatic carbocycles. The van der Waals surface area contributed by atoms with Crippen LogP contribution in [0.2, 0.25) is 5.02 Å². The van der Waals surface area contributed by atoms with E-state index < -0.39 is 29.1 Å². The van der Waals surface area contributed by atoms with E-state index in [2.05, 4.69) is 26.8 Å². The van der Waals surface area contributed by atoms with Crippen molar-refractivity contribution in [2.24, 2.45) is 4.99 Å². The maximum Gasteiger partial charge on any atom is 0.306 e. The Morgan fingerprint density at radius 3 is 2.43 bits per heavy atom. The van der Waals surface area contributed by atoms with Gasteiger partial charge in [0, 0.05) is 41.1 Å². The zero-order chi connectivity index (χ0) is 31.7. The molecule has 3 aromatic rings. The second kappa shape index (κ2) is 15.0. The average Bonchev–Trinajstić information content (AvgIpc) is 3.38. The summed E-state index contributed by atoms with van der Waals surface area (Å²) in [5.41, 5.74) is 5.71. The van der Waals surface area contributed by atoms with Crippen LogP contribution in [-0.4, -0.2) is 47.2 Å². The van der Waals surface area contributed by atoms with E-state index in [0.717, 1.165) is 10.0 Å². The van der Waals surface area contributed by atoms with Crippen LogP contribution in [0.1, 0.15) is 62.8 Å². The van der Waals surface area contributed by atoms with E-state index in [1.54, 1.807) is 51.1 Å². The fourth-order valence-electron chi connectivity index (χ4n) is 4.66. The van der Waals surface area contributed by atoms with E-state index >= 15 is 0 Å². The molecule has 9 nitrogen and oxygen atoms in total. The molecule has 0 bridgehead atoms. The minimum atomic E-state index is -1.52. The molecule has 1 amide bonds. The molecule has 234 valence electrons. The molecule has 0 spiro atoms. The predicted molar refractivity (Wildman–Crippen MR) is 172 cm³/mol. The zero-order valence-corrected chi connectivity index (χ0v) is 27.3. The number of ether oxygens (including phenoxy) is 3. The van der Waals surface area contributed by atoms with Gasteiger partial charge in [-0.1, -0.05) is 57.9 Å². The Hall–Kier alpha value is -3.44. The fourth-order valence-corrected chi connectivity index (χ4v) is 5.13. The van der Waals surface area contributed by atoms with E-state index in [0.29, 0.717) is 34.9 Å². The number of carbonyl (C=O) groups excluding carboxylic acids is 2. The highest BCUT2D eigenvalue weighted by molar-refractivity contribution is 9.10. The van der Waals surface area contributed by atoms with Gasteiger partial charge in [-0.15, -0.1) is 0 Å². The fraction of sp³-hybridized carbons (Fsp3) is 0.364. The molecule has 0 saturated carbocycles. The van der Waals surface area contributed by atoms with E-state index in [1.165, 1.54) is 0 Å². The van der Waals surface area contributed by atoms with Crippen LogP contribution in [0.3, 0.4) is 0 Å². The molecule has 4 rings (SSSR count). The van der Waals surface area contributed by atoms with Crippen LogP contribution in [0.4, 0.5) is 0 Å². The van der Waals surface area contributed by atoms with Gasteiger partial charge in [-0.2, -0.15) is 0 Å². The van der Waals surface area contributed by atoms with Crippen molar-refractivity contribution < 1.29 is 28.9 Å². The number of amides is 1. The minimum absolute atomic E-state index is 0.0219. The molecular formula is C33H37BrClN3O6. The number of aliphatic hydroxyl groups excluding tert-OH is 1. The summed E-state index contributed by atoms with van der Waals surface area (Å²) < 4.78 is 18.6. The third kappa shape index (κ3) is 8.81. The molecular weight excluding hydrogens is 650 g/mol. The highest BCUT2D eigenvalue weighted by atomic mass is 79.9. The lowest BCUT2D eigenvalue weighted by molar-refractivity contribution is -0.155. The number of aliphatic imine (C=N–C) groups is 1. The molecule has 0 aromatic heterocycles. The summed E-state index contributed by atoms with van der Waals surface area (Å²) >= 11 is 9.78. The number of hydrogen-bond donors (Lipinski definition) is 3. The largest absolute Gasteiger partial charge is 0.494 e. The monoisotopic (exact) mass is 685 g/mol. The number of esters is 1. The Bertz CT molecular complexity index is 1460. The second-order valence-electron chi connectivity index (χ2n) is 11.3. The van der Waals surface area contributed by atoms with Crippen LogP contribution in [0, 0.1) is 0 Å². The van der Waals surface area contributed by atoms with Gasteiger partial charge < -0.3 is 19.3 Å². The highest BCUT2D eigenvalue weighted by Gasteiger charge is 2.53. The standard InChI is InChI=1S/C33H37BrClN3O6/c1-32(2,3)44-28(40)17-18-33(31(41)38-36-21-24-7-4-5-8-27(24)35)29(22-9-13-25(34)14-10-22)43-30(37-33)23-11-15-26(16-12-23)42-20-6-19-39/h4-5,7-16,29,36,39H,6,17-21H2,1-3H3,(H,38,41)/t29-,33-/m0/s1. The van der Waals surface area contributed by atoms with Crippen molar-refractivity contribution in [3.8, 4) is 5.75 Å². The van der Waals surface area contributed by atoms with Gasteiger partial charge in [-0.3, -0.25) is 15.0 Å². The van der Waals surface area contributed by atoms with Crippen molar-refractivity contribution >= 4 is 45.3 Å². The van der Waals surface area contributed by atoms with Gasteiger partial charge in [0.15, 0.2) is 11.6 Å². The SMILES string of the molecule is CC(C)(C)OC(=O)CC[C@]1(C(=O)NNCc2ccccc2Cl)N=C(c2ccc(OCCCO)cc2)O[C@H]1c1ccc(Br)cc1. The summed E-state index contributed by atoms with van der Waals surface area (Å²) in [6.07, 6.45) is -0.379. The third-order valence-electron chi connectivity index (χ3n) is 6.77. The molecule has 0 saturated heterocycles. The normalized spacial score (nSPS) is 17.9. The predicted octanol–water partition coefficient (Wildman–Crippen LogP) is 6.06. The van der Waals surface area contributed by atoms with Crippen LogP contribution in [0.5, 0.6) is 5.75 Å². The number of nitrogens with one attached hydrogen (secondary N) is 2. The number of aliphatic hydroxyl groups is 1. The van der Waals surface area contributed by atoms with Crippen molar-refractivity contribution in [1.82, 2.24) is 10.9 Å². The molecule has 0 unspecified atom stereocenters. The molecule has 3 N–H and O–H groups in total. The van der Waals surface area contributed by atoms with Crippen molar-refractivity contribution in [3.63, 3.8) is 0 Å². The number of halogens is 2. The van der Waals surface area contributed by atoms with Crippen LogP contribution in [-0.2, 0) is 25.6 Å². The van der Waals surface area contributed by atoms with Gasteiger partial charge in [0.1, 0.15) is 11.4 Å². The number of rotatable bonds is 13. The molecule has 11 heteroatoms. The number of nitrogens with zero attached hydrogens (tertiary/aromatic N) is 1. The van der Waals surface area contributed by atoms with Crippen molar-refractivity contribution in [2.75, 3.05) is 13.2 Å². The van der Waals surface area contributed by atoms with Gasteiger partial charge >= 0.3 is 5.97 Å². The number of carbonyl (C=O) groups is 2. The number of benzene rings is 3. The number of hydrazine groups is 1. The first-order chi connectivity index (χ1) is 21.0. The van der Waals surface area contributed by atoms with E-state index in [1.807, 2.05) is 42.5 Å². The van der Waals surface area contributed by atoms with Gasteiger partial charge in [0.25, 0.3) is 5.91 Å². The van der Waals surface area contributed by atoms with Gasteiger partial charge in [0.05, 0.1) is 6.61 Å². The van der Waals surface area contributed by atoms with Crippen LogP contribution in [0.15, 0.2) is 82.3 Å². The molecule has 1 aliphatic heterocycles. The molecule has 0 aliphatic carbocycles. The van der Waals surface area contributed by atoms with Gasteiger partial charge in [-0.05, 0) is 80.8 Å². The van der Waals surface area contributed by atoms with Crippen molar-refractivity contribution in [1.29, 1.82) is 0 Å². The van der Waals surface area contributed by atoms with Crippen LogP contribution in [0.25, 0.3) is 0 Å². The number of hydrogen-bond acceptors (Lipinski definition) is 8. The summed E-state index contributed by atoms with van der Waals surface area (Å²) in [6, 6.07) is 21.9. The Morgan fingerprint density at radius 1 is 1.07 bits per heavy atom. The third-order valence-corrected chi connectivity index (χ3v) is 7.67. The maximum absolute atomic E-state index is 14.2. The summed E-state index contributed by atoms with van der Waals surface area (Å²) in [4.78, 5) is 32.0. The Labute approximate surface area is 271 Å². The van der Waals surface area contributed by atoms with E-state index in [4.69, 9.17) is 35.9 Å². The summed E-state index contributed by atoms with van der Waals surface area (Å²) in [5.74, 6) is -0.0375. The summed E-state index contributed by atoms with van der Waals surface area (Å²) in [7, 11) is 0. The Kier molecular flexibility index (Phi) is 11.4. The second-order valence-corrected chi connectivity index (χ2v) is 12.6. The van der Waals surface area contributed by atoms with Gasteiger partial charge in [-0.25, -0.2) is 10.4 Å². The van der Waals surface area contributed by atoms with Crippen LogP contribution >= 0.6 is 27.5 Å². The topological polar surface area (TPSA) is 118 Å². The Morgan fingerprint density at radius 2 is 1.77 bits per heavy atom. The first kappa shape index (κ1) is 33.5. The zero-order valence-electron chi connectivity index (χ0n) is 24.9. The summed E-state index contributed by atoms with van der Waals surface area (Å²) in [5, 5.41) is 9.60. The van der Waals surface area contributed by atoms with E-state index in [-0.39, 0.29) is 31.9 Å². The average molecular weight is 687 g/mol. The molecule has 44 heavy (non-hydrogen) atoms. The molecule has 0 radical (unpaired) electrons. The lowest BCUT2D eigenvalue weighted by Crippen LogP contribution is -2.52. The van der Waals surface area contributed by atoms with Crippen LogP contribution < -0.4 is 15.6 Å². The van der Waals surface area contributed by atoms with Crippen molar-refractivity contribution in [3.05, 3.63) is 99.0 Å². The molecule has 1 heterocycles. The maximum atomic E-state index is 14.2.